The highest BCUT2D eigenvalue weighted by atomic mass is 16.9. The second-order valence-electron chi connectivity index (χ2n) is 5.24. The van der Waals surface area contributed by atoms with Crippen molar-refractivity contribution in [1.29, 1.82) is 0 Å². The molecule has 0 aromatic heterocycles. The van der Waals surface area contributed by atoms with Crippen molar-refractivity contribution in [1.82, 2.24) is 0 Å². The highest BCUT2D eigenvalue weighted by Crippen LogP contribution is 2.52. The van der Waals surface area contributed by atoms with Crippen molar-refractivity contribution in [3.8, 4) is 0 Å². The average Bonchev–Trinajstić information content (AvgIpc) is 2.31. The molecule has 2 heterocycles. The Kier molecular flexibility index (Phi) is 2.22. The van der Waals surface area contributed by atoms with Gasteiger partial charge in [-0.2, -0.15) is 0 Å². The molecule has 4 heteroatoms. The lowest BCUT2D eigenvalue weighted by Crippen LogP contribution is -2.59. The zero-order valence-electron chi connectivity index (χ0n) is 10.3. The van der Waals surface area contributed by atoms with Crippen molar-refractivity contribution >= 4 is 0 Å². The Labute approximate surface area is 90.8 Å². The number of rotatable bonds is 0. The molecular formula is C11H20O4. The van der Waals surface area contributed by atoms with Gasteiger partial charge in [0.15, 0.2) is 12.6 Å². The van der Waals surface area contributed by atoms with Crippen molar-refractivity contribution in [3.63, 3.8) is 0 Å². The average molecular weight is 216 g/mol. The standard InChI is InChI=1S/C11H20O4/c1-7-12-9(3,4)11(14-7)10(5,6)13-8(2)15-11/h7-8H,1-6H3. The predicted octanol–water partition coefficient (Wildman–Crippen LogP) is 2.03. The van der Waals surface area contributed by atoms with Crippen molar-refractivity contribution < 1.29 is 18.9 Å². The minimum absolute atomic E-state index is 0.270. The monoisotopic (exact) mass is 216 g/mol. The molecule has 2 aliphatic heterocycles. The highest BCUT2D eigenvalue weighted by molar-refractivity contribution is 5.07. The topological polar surface area (TPSA) is 36.9 Å². The van der Waals surface area contributed by atoms with Crippen LogP contribution in [0.2, 0.25) is 0 Å². The van der Waals surface area contributed by atoms with Gasteiger partial charge in [0.2, 0.25) is 5.79 Å². The number of ether oxygens (including phenoxy) is 4. The third-order valence-corrected chi connectivity index (χ3v) is 3.17. The maximum Gasteiger partial charge on any atom is 0.231 e. The van der Waals surface area contributed by atoms with E-state index in [9.17, 15) is 0 Å². The Hall–Kier alpha value is -0.160. The molecule has 0 amide bonds. The van der Waals surface area contributed by atoms with Crippen molar-refractivity contribution in [2.45, 2.75) is 71.1 Å². The fraction of sp³-hybridized carbons (Fsp3) is 1.00. The lowest BCUT2D eigenvalue weighted by molar-refractivity contribution is -0.253. The van der Waals surface area contributed by atoms with Gasteiger partial charge in [0.1, 0.15) is 11.2 Å². The number of hydrogen-bond donors (Lipinski definition) is 0. The quantitative estimate of drug-likeness (QED) is 0.621. The zero-order chi connectivity index (χ0) is 11.5. The first-order chi connectivity index (χ1) is 6.70. The molecule has 0 saturated carbocycles. The molecule has 88 valence electrons. The van der Waals surface area contributed by atoms with Crippen molar-refractivity contribution in [2.75, 3.05) is 0 Å². The van der Waals surface area contributed by atoms with Gasteiger partial charge < -0.3 is 18.9 Å². The van der Waals surface area contributed by atoms with E-state index < -0.39 is 17.0 Å². The molecule has 0 aliphatic carbocycles. The third kappa shape index (κ3) is 1.35. The van der Waals surface area contributed by atoms with Crippen LogP contribution in [0.5, 0.6) is 0 Å². The van der Waals surface area contributed by atoms with Gasteiger partial charge in [-0.25, -0.2) is 0 Å². The van der Waals surface area contributed by atoms with Crippen LogP contribution >= 0.6 is 0 Å². The predicted molar refractivity (Wildman–Crippen MR) is 54.2 cm³/mol. The highest BCUT2D eigenvalue weighted by Gasteiger charge is 2.69. The summed E-state index contributed by atoms with van der Waals surface area (Å²) >= 11 is 0. The third-order valence-electron chi connectivity index (χ3n) is 3.17. The second-order valence-corrected chi connectivity index (χ2v) is 5.24. The summed E-state index contributed by atoms with van der Waals surface area (Å²) in [5.41, 5.74) is -1.03. The van der Waals surface area contributed by atoms with E-state index in [1.807, 2.05) is 41.5 Å². The van der Waals surface area contributed by atoms with Crippen LogP contribution < -0.4 is 0 Å². The molecule has 0 bridgehead atoms. The first-order valence-corrected chi connectivity index (χ1v) is 5.41. The molecule has 2 aliphatic rings. The molecule has 2 unspecified atom stereocenters. The summed E-state index contributed by atoms with van der Waals surface area (Å²) in [6.07, 6.45) is -0.540. The number of hydrogen-bond acceptors (Lipinski definition) is 4. The molecule has 0 N–H and O–H groups in total. The van der Waals surface area contributed by atoms with Crippen LogP contribution in [-0.4, -0.2) is 29.6 Å². The molecule has 4 nitrogen and oxygen atoms in total. The van der Waals surface area contributed by atoms with Crippen LogP contribution in [0.15, 0.2) is 0 Å². The molecule has 2 atom stereocenters. The lowest BCUT2D eigenvalue weighted by atomic mass is 9.84. The van der Waals surface area contributed by atoms with E-state index >= 15 is 0 Å². The molecule has 15 heavy (non-hydrogen) atoms. The molecule has 1 spiro atoms. The molecule has 2 fully saturated rings. The van der Waals surface area contributed by atoms with Crippen LogP contribution in [-0.2, 0) is 18.9 Å². The summed E-state index contributed by atoms with van der Waals surface area (Å²) in [6.45, 7) is 11.6. The van der Waals surface area contributed by atoms with Crippen LogP contribution in [0, 0.1) is 0 Å². The van der Waals surface area contributed by atoms with E-state index in [0.29, 0.717) is 0 Å². The van der Waals surface area contributed by atoms with Gasteiger partial charge in [-0.15, -0.1) is 0 Å². The van der Waals surface area contributed by atoms with E-state index in [-0.39, 0.29) is 12.6 Å². The van der Waals surface area contributed by atoms with E-state index in [2.05, 4.69) is 0 Å². The summed E-state index contributed by atoms with van der Waals surface area (Å²) in [4.78, 5) is 0. The van der Waals surface area contributed by atoms with Gasteiger partial charge in [0, 0.05) is 0 Å². The largest absolute Gasteiger partial charge is 0.341 e. The zero-order valence-corrected chi connectivity index (χ0v) is 10.3. The molecule has 2 rings (SSSR count). The van der Waals surface area contributed by atoms with Crippen LogP contribution in [0.1, 0.15) is 41.5 Å². The SMILES string of the molecule is CC1OC(C)(C)C2(O1)OC(C)OC2(C)C. The van der Waals surface area contributed by atoms with Gasteiger partial charge in [-0.3, -0.25) is 0 Å². The Morgan fingerprint density at radius 1 is 0.667 bits per heavy atom. The Morgan fingerprint density at radius 3 is 1.20 bits per heavy atom. The molecule has 0 radical (unpaired) electrons. The van der Waals surface area contributed by atoms with Crippen molar-refractivity contribution in [3.05, 3.63) is 0 Å². The molecular weight excluding hydrogens is 196 g/mol. The normalized spacial score (nSPS) is 47.6. The Balaban J connectivity index is 2.41. The van der Waals surface area contributed by atoms with Gasteiger partial charge >= 0.3 is 0 Å². The van der Waals surface area contributed by atoms with E-state index in [1.165, 1.54) is 0 Å². The fourth-order valence-corrected chi connectivity index (χ4v) is 2.82. The van der Waals surface area contributed by atoms with E-state index in [4.69, 9.17) is 18.9 Å². The van der Waals surface area contributed by atoms with E-state index in [1.54, 1.807) is 0 Å². The van der Waals surface area contributed by atoms with Crippen LogP contribution in [0.25, 0.3) is 0 Å². The summed E-state index contributed by atoms with van der Waals surface area (Å²) in [5.74, 6) is -0.821. The summed E-state index contributed by atoms with van der Waals surface area (Å²) < 4.78 is 23.2. The lowest BCUT2D eigenvalue weighted by Gasteiger charge is -2.40. The smallest absolute Gasteiger partial charge is 0.231 e. The van der Waals surface area contributed by atoms with Crippen LogP contribution in [0.4, 0.5) is 0 Å². The minimum Gasteiger partial charge on any atom is -0.341 e. The van der Waals surface area contributed by atoms with E-state index in [0.717, 1.165) is 0 Å². The fourth-order valence-electron chi connectivity index (χ4n) is 2.82. The van der Waals surface area contributed by atoms with Crippen LogP contribution in [0.3, 0.4) is 0 Å². The van der Waals surface area contributed by atoms with Gasteiger partial charge in [-0.05, 0) is 41.5 Å². The summed E-state index contributed by atoms with van der Waals surface area (Å²) in [6, 6.07) is 0. The van der Waals surface area contributed by atoms with Crippen molar-refractivity contribution in [2.24, 2.45) is 0 Å². The second kappa shape index (κ2) is 2.94. The Bertz CT molecular complexity index is 244. The van der Waals surface area contributed by atoms with Gasteiger partial charge in [0.25, 0.3) is 0 Å². The minimum atomic E-state index is -0.821. The summed E-state index contributed by atoms with van der Waals surface area (Å²) in [5, 5.41) is 0. The molecule has 0 aromatic rings. The van der Waals surface area contributed by atoms with Gasteiger partial charge in [-0.1, -0.05) is 0 Å². The first kappa shape index (κ1) is 11.3. The maximum atomic E-state index is 5.84. The van der Waals surface area contributed by atoms with Gasteiger partial charge in [0.05, 0.1) is 0 Å². The maximum absolute atomic E-state index is 5.84. The summed E-state index contributed by atoms with van der Waals surface area (Å²) in [7, 11) is 0. The first-order valence-electron chi connectivity index (χ1n) is 5.41. The molecule has 2 saturated heterocycles. The Morgan fingerprint density at radius 2 is 1.00 bits per heavy atom. The molecule has 0 aromatic carbocycles.